The summed E-state index contributed by atoms with van der Waals surface area (Å²) in [6, 6.07) is 0. The molecule has 1 amide bonds. The highest BCUT2D eigenvalue weighted by atomic mass is 32.1. The standard InChI is InChI=1S/C10H11N3O3S/c1-6-11-3-7(17-6)10(14)13-4-8-12-5-9(15-2)16-8/h3,5H,4H2,1-2H3,(H,13,14). The predicted molar refractivity (Wildman–Crippen MR) is 61.1 cm³/mol. The highest BCUT2D eigenvalue weighted by Gasteiger charge is 2.10. The third-order valence-corrected chi connectivity index (χ3v) is 2.89. The van der Waals surface area contributed by atoms with E-state index in [1.807, 2.05) is 6.92 Å². The molecule has 90 valence electrons. The van der Waals surface area contributed by atoms with Crippen molar-refractivity contribution in [2.45, 2.75) is 13.5 Å². The molecule has 0 aromatic carbocycles. The zero-order valence-electron chi connectivity index (χ0n) is 9.39. The minimum Gasteiger partial charge on any atom is -0.467 e. The Morgan fingerprint density at radius 3 is 2.94 bits per heavy atom. The second-order valence-electron chi connectivity index (χ2n) is 3.20. The summed E-state index contributed by atoms with van der Waals surface area (Å²) in [5, 5.41) is 3.54. The molecule has 2 heterocycles. The Labute approximate surface area is 102 Å². The lowest BCUT2D eigenvalue weighted by Gasteiger charge is -1.98. The number of aryl methyl sites for hydroxylation is 1. The van der Waals surface area contributed by atoms with E-state index in [0.717, 1.165) is 5.01 Å². The molecular weight excluding hydrogens is 242 g/mol. The number of thiazole rings is 1. The van der Waals surface area contributed by atoms with Crippen LogP contribution in [0.2, 0.25) is 0 Å². The molecule has 0 radical (unpaired) electrons. The van der Waals surface area contributed by atoms with E-state index < -0.39 is 0 Å². The zero-order valence-corrected chi connectivity index (χ0v) is 10.2. The number of amides is 1. The number of carbonyl (C=O) groups excluding carboxylic acids is 1. The molecule has 0 aliphatic carbocycles. The lowest BCUT2D eigenvalue weighted by molar-refractivity contribution is 0.0950. The van der Waals surface area contributed by atoms with Gasteiger partial charge in [0.05, 0.1) is 24.9 Å². The summed E-state index contributed by atoms with van der Waals surface area (Å²) in [7, 11) is 1.49. The summed E-state index contributed by atoms with van der Waals surface area (Å²) in [6.45, 7) is 2.07. The van der Waals surface area contributed by atoms with Crippen molar-refractivity contribution in [2.75, 3.05) is 7.11 Å². The number of nitrogens with one attached hydrogen (secondary N) is 1. The topological polar surface area (TPSA) is 77.2 Å². The lowest BCUT2D eigenvalue weighted by atomic mass is 10.5. The third kappa shape index (κ3) is 2.82. The first-order chi connectivity index (χ1) is 8.19. The molecule has 6 nitrogen and oxygen atoms in total. The number of hydrogen-bond acceptors (Lipinski definition) is 6. The number of aromatic nitrogens is 2. The van der Waals surface area contributed by atoms with Crippen molar-refractivity contribution in [1.82, 2.24) is 15.3 Å². The van der Waals surface area contributed by atoms with Gasteiger partial charge in [-0.1, -0.05) is 0 Å². The van der Waals surface area contributed by atoms with Crippen molar-refractivity contribution >= 4 is 17.2 Å². The van der Waals surface area contributed by atoms with E-state index in [0.29, 0.717) is 16.7 Å². The number of nitrogens with zero attached hydrogens (tertiary/aromatic N) is 2. The zero-order chi connectivity index (χ0) is 12.3. The Morgan fingerprint density at radius 1 is 1.53 bits per heavy atom. The average molecular weight is 253 g/mol. The van der Waals surface area contributed by atoms with Crippen LogP contribution in [0.25, 0.3) is 0 Å². The molecule has 0 fully saturated rings. The van der Waals surface area contributed by atoms with Crippen molar-refractivity contribution in [2.24, 2.45) is 0 Å². The molecule has 0 saturated carbocycles. The molecule has 2 aromatic rings. The summed E-state index contributed by atoms with van der Waals surface area (Å²) < 4.78 is 10.0. The van der Waals surface area contributed by atoms with Crippen LogP contribution in [0.15, 0.2) is 16.8 Å². The predicted octanol–water partition coefficient (Wildman–Crippen LogP) is 1.38. The summed E-state index contributed by atoms with van der Waals surface area (Å²) in [5.41, 5.74) is 0. The number of rotatable bonds is 4. The Hall–Kier alpha value is -1.89. The molecule has 0 spiro atoms. The fourth-order valence-electron chi connectivity index (χ4n) is 1.18. The minimum absolute atomic E-state index is 0.187. The lowest BCUT2D eigenvalue weighted by Crippen LogP contribution is -2.21. The fourth-order valence-corrected chi connectivity index (χ4v) is 1.87. The maximum Gasteiger partial charge on any atom is 0.304 e. The van der Waals surface area contributed by atoms with Crippen LogP contribution < -0.4 is 10.1 Å². The molecule has 2 aromatic heterocycles. The average Bonchev–Trinajstić information content (AvgIpc) is 2.94. The number of ether oxygens (including phenoxy) is 1. The van der Waals surface area contributed by atoms with Gasteiger partial charge < -0.3 is 14.5 Å². The second kappa shape index (κ2) is 4.96. The van der Waals surface area contributed by atoms with Crippen molar-refractivity contribution < 1.29 is 13.9 Å². The fraction of sp³-hybridized carbons (Fsp3) is 0.300. The molecule has 0 aliphatic heterocycles. The van der Waals surface area contributed by atoms with E-state index in [1.54, 1.807) is 6.20 Å². The van der Waals surface area contributed by atoms with Gasteiger partial charge in [0.15, 0.2) is 0 Å². The van der Waals surface area contributed by atoms with Gasteiger partial charge in [0, 0.05) is 0 Å². The molecule has 2 rings (SSSR count). The maximum absolute atomic E-state index is 11.7. The molecule has 0 unspecified atom stereocenters. The smallest absolute Gasteiger partial charge is 0.304 e. The quantitative estimate of drug-likeness (QED) is 0.890. The number of hydrogen-bond donors (Lipinski definition) is 1. The van der Waals surface area contributed by atoms with Gasteiger partial charge in [-0.05, 0) is 6.92 Å². The van der Waals surface area contributed by atoms with Gasteiger partial charge >= 0.3 is 5.95 Å². The first kappa shape index (κ1) is 11.6. The van der Waals surface area contributed by atoms with Crippen LogP contribution in [-0.4, -0.2) is 23.0 Å². The molecule has 0 saturated heterocycles. The van der Waals surface area contributed by atoms with Gasteiger partial charge in [-0.2, -0.15) is 0 Å². The Morgan fingerprint density at radius 2 is 2.35 bits per heavy atom. The van der Waals surface area contributed by atoms with E-state index in [1.165, 1.54) is 24.6 Å². The van der Waals surface area contributed by atoms with Gasteiger partial charge in [-0.25, -0.2) is 9.97 Å². The summed E-state index contributed by atoms with van der Waals surface area (Å²) >= 11 is 1.34. The third-order valence-electron chi connectivity index (χ3n) is 1.98. The first-order valence-corrected chi connectivity index (χ1v) is 5.70. The molecule has 0 atom stereocenters. The Balaban J connectivity index is 1.92. The number of carbonyl (C=O) groups is 1. The Bertz CT molecular complexity index is 520. The van der Waals surface area contributed by atoms with Crippen molar-refractivity contribution in [3.8, 4) is 5.95 Å². The molecule has 0 bridgehead atoms. The summed E-state index contributed by atoms with van der Waals surface area (Å²) in [6.07, 6.45) is 3.00. The van der Waals surface area contributed by atoms with Gasteiger partial charge in [-0.15, -0.1) is 11.3 Å². The van der Waals surface area contributed by atoms with Gasteiger partial charge in [-0.3, -0.25) is 4.79 Å². The van der Waals surface area contributed by atoms with E-state index >= 15 is 0 Å². The molecule has 1 N–H and O–H groups in total. The molecule has 7 heteroatoms. The van der Waals surface area contributed by atoms with Crippen molar-refractivity contribution in [3.63, 3.8) is 0 Å². The van der Waals surface area contributed by atoms with Crippen molar-refractivity contribution in [3.05, 3.63) is 28.2 Å². The Kier molecular flexibility index (Phi) is 3.38. The van der Waals surface area contributed by atoms with Crippen LogP contribution in [0.5, 0.6) is 5.95 Å². The van der Waals surface area contributed by atoms with Crippen LogP contribution in [-0.2, 0) is 6.54 Å². The number of methoxy groups -OCH3 is 1. The molecular formula is C10H11N3O3S. The summed E-state index contributed by atoms with van der Waals surface area (Å²) in [5.74, 6) is 0.534. The highest BCUT2D eigenvalue weighted by Crippen LogP contribution is 2.13. The van der Waals surface area contributed by atoms with E-state index in [2.05, 4.69) is 15.3 Å². The minimum atomic E-state index is -0.187. The van der Waals surface area contributed by atoms with Crippen LogP contribution in [0.4, 0.5) is 0 Å². The second-order valence-corrected chi connectivity index (χ2v) is 4.44. The maximum atomic E-state index is 11.7. The van der Waals surface area contributed by atoms with Crippen LogP contribution >= 0.6 is 11.3 Å². The number of oxazole rings is 1. The van der Waals surface area contributed by atoms with Crippen LogP contribution in [0.3, 0.4) is 0 Å². The van der Waals surface area contributed by atoms with E-state index in [4.69, 9.17) is 9.15 Å². The first-order valence-electron chi connectivity index (χ1n) is 4.88. The van der Waals surface area contributed by atoms with Gasteiger partial charge in [0.2, 0.25) is 5.89 Å². The van der Waals surface area contributed by atoms with E-state index in [9.17, 15) is 4.79 Å². The monoisotopic (exact) mass is 253 g/mol. The van der Waals surface area contributed by atoms with Crippen LogP contribution in [0, 0.1) is 6.92 Å². The molecule has 17 heavy (non-hydrogen) atoms. The van der Waals surface area contributed by atoms with Crippen LogP contribution in [0.1, 0.15) is 20.6 Å². The van der Waals surface area contributed by atoms with Gasteiger partial charge in [0.1, 0.15) is 11.1 Å². The largest absolute Gasteiger partial charge is 0.467 e. The highest BCUT2D eigenvalue weighted by molar-refractivity contribution is 7.13. The van der Waals surface area contributed by atoms with Gasteiger partial charge in [0.25, 0.3) is 5.91 Å². The summed E-state index contributed by atoms with van der Waals surface area (Å²) in [4.78, 5) is 20.2. The SMILES string of the molecule is COc1cnc(CNC(=O)c2cnc(C)s2)o1. The molecule has 0 aliphatic rings. The van der Waals surface area contributed by atoms with E-state index in [-0.39, 0.29) is 12.5 Å². The normalized spacial score (nSPS) is 10.2. The van der Waals surface area contributed by atoms with Crippen molar-refractivity contribution in [1.29, 1.82) is 0 Å².